The van der Waals surface area contributed by atoms with Crippen LogP contribution in [0.4, 0.5) is 0 Å². The molecule has 3 N–H and O–H groups in total. The van der Waals surface area contributed by atoms with Gasteiger partial charge in [0.1, 0.15) is 0 Å². The van der Waals surface area contributed by atoms with Crippen LogP contribution >= 0.6 is 0 Å². The van der Waals surface area contributed by atoms with E-state index in [1.165, 1.54) is 231 Å². The van der Waals surface area contributed by atoms with E-state index in [2.05, 4.69) is 55.6 Å². The van der Waals surface area contributed by atoms with Gasteiger partial charge >= 0.3 is 5.97 Å². The Morgan fingerprint density at radius 1 is 0.389 bits per heavy atom. The fourth-order valence-electron chi connectivity index (χ4n) is 9.66. The van der Waals surface area contributed by atoms with E-state index >= 15 is 0 Å². The number of amides is 1. The molecule has 0 aliphatic heterocycles. The monoisotopic (exact) mass is 1010 g/mol. The molecule has 2 atom stereocenters. The zero-order valence-electron chi connectivity index (χ0n) is 48.2. The quantitative estimate of drug-likeness (QED) is 0.0320. The van der Waals surface area contributed by atoms with Gasteiger partial charge in [-0.3, -0.25) is 9.59 Å². The lowest BCUT2D eigenvalue weighted by Gasteiger charge is -2.20. The number of carbonyl (C=O) groups is 2. The zero-order chi connectivity index (χ0) is 52.2. The molecule has 0 aliphatic carbocycles. The van der Waals surface area contributed by atoms with E-state index < -0.39 is 12.1 Å². The molecule has 0 aromatic carbocycles. The molecule has 0 saturated carbocycles. The Balaban J connectivity index is 3.50. The highest BCUT2D eigenvalue weighted by atomic mass is 16.5. The Bertz CT molecular complexity index is 1210. The van der Waals surface area contributed by atoms with Crippen molar-refractivity contribution in [1.82, 2.24) is 5.32 Å². The van der Waals surface area contributed by atoms with Crippen LogP contribution in [0.2, 0.25) is 0 Å². The van der Waals surface area contributed by atoms with E-state index in [4.69, 9.17) is 4.74 Å². The van der Waals surface area contributed by atoms with Crippen LogP contribution in [0.25, 0.3) is 0 Å². The number of ether oxygens (including phenoxy) is 1. The molecule has 0 heterocycles. The van der Waals surface area contributed by atoms with Crippen LogP contribution in [0.15, 0.2) is 48.6 Å². The van der Waals surface area contributed by atoms with Crippen molar-refractivity contribution in [3.8, 4) is 0 Å². The summed E-state index contributed by atoms with van der Waals surface area (Å²) in [7, 11) is 0. The third-order valence-electron chi connectivity index (χ3n) is 14.6. The van der Waals surface area contributed by atoms with Crippen LogP contribution in [0.5, 0.6) is 0 Å². The first-order valence-corrected chi connectivity index (χ1v) is 31.9. The summed E-state index contributed by atoms with van der Waals surface area (Å²) in [5.74, 6) is -0.100. The maximum Gasteiger partial charge on any atom is 0.305 e. The lowest BCUT2D eigenvalue weighted by molar-refractivity contribution is -0.143. The average Bonchev–Trinajstić information content (AvgIpc) is 3.38. The molecule has 0 fully saturated rings. The Morgan fingerprint density at radius 3 is 1.10 bits per heavy atom. The number of aliphatic hydroxyl groups is 2. The largest absolute Gasteiger partial charge is 0.466 e. The van der Waals surface area contributed by atoms with Crippen LogP contribution in [0.1, 0.15) is 335 Å². The summed E-state index contributed by atoms with van der Waals surface area (Å²) in [5.41, 5.74) is 0. The predicted molar refractivity (Wildman–Crippen MR) is 315 cm³/mol. The van der Waals surface area contributed by atoms with Gasteiger partial charge < -0.3 is 20.3 Å². The van der Waals surface area contributed by atoms with Gasteiger partial charge in [-0.2, -0.15) is 0 Å². The van der Waals surface area contributed by atoms with Crippen LogP contribution in [-0.4, -0.2) is 47.4 Å². The minimum atomic E-state index is -0.857. The van der Waals surface area contributed by atoms with E-state index in [0.717, 1.165) is 77.0 Å². The fraction of sp³-hybridized carbons (Fsp3) is 0.848. The minimum absolute atomic E-state index is 0.0188. The molecule has 422 valence electrons. The summed E-state index contributed by atoms with van der Waals surface area (Å²) in [5, 5.41) is 23.2. The molecule has 0 saturated heterocycles. The second-order valence-electron chi connectivity index (χ2n) is 21.7. The summed E-state index contributed by atoms with van der Waals surface area (Å²) in [4.78, 5) is 24.6. The maximum atomic E-state index is 12.5. The molecule has 6 heteroatoms. The minimum Gasteiger partial charge on any atom is -0.466 e. The lowest BCUT2D eigenvalue weighted by Crippen LogP contribution is -2.45. The number of esters is 1. The van der Waals surface area contributed by atoms with Gasteiger partial charge in [-0.1, -0.05) is 281 Å². The van der Waals surface area contributed by atoms with E-state index in [9.17, 15) is 19.8 Å². The average molecular weight is 1010 g/mol. The van der Waals surface area contributed by atoms with Gasteiger partial charge in [0.25, 0.3) is 0 Å². The van der Waals surface area contributed by atoms with Crippen molar-refractivity contribution in [2.75, 3.05) is 13.2 Å². The standard InChI is InChI=1S/C66H123NO5/c1-3-5-7-9-11-13-15-17-19-21-22-23-24-25-26-28-30-34-38-42-46-50-54-58-64(69)63(62-68)67-65(70)59-55-51-47-43-39-35-31-29-33-37-41-45-49-53-57-61-72-66(71)60-56-52-48-44-40-36-32-27-20-18-16-14-12-10-8-6-4-2/h12,14,18,20,33,37,54,58,63-64,68-69H,3-11,13,15-17,19,21-32,34-36,38-53,55-57,59-62H2,1-2H3,(H,67,70)/b14-12-,20-18-,37-33-,58-54+. The fourth-order valence-corrected chi connectivity index (χ4v) is 9.66. The molecular formula is C66H123NO5. The number of hydrogen-bond acceptors (Lipinski definition) is 5. The van der Waals surface area contributed by atoms with Crippen LogP contribution in [0.3, 0.4) is 0 Å². The molecule has 0 bridgehead atoms. The van der Waals surface area contributed by atoms with Gasteiger partial charge in [0, 0.05) is 12.8 Å². The first-order chi connectivity index (χ1) is 35.5. The number of nitrogens with one attached hydrogen (secondary N) is 1. The van der Waals surface area contributed by atoms with Crippen LogP contribution in [-0.2, 0) is 14.3 Å². The van der Waals surface area contributed by atoms with Crippen molar-refractivity contribution >= 4 is 11.9 Å². The van der Waals surface area contributed by atoms with Crippen molar-refractivity contribution in [2.45, 2.75) is 347 Å². The van der Waals surface area contributed by atoms with Crippen molar-refractivity contribution in [3.63, 3.8) is 0 Å². The normalized spacial score (nSPS) is 12.9. The molecule has 2 unspecified atom stereocenters. The highest BCUT2D eigenvalue weighted by Crippen LogP contribution is 2.17. The first-order valence-electron chi connectivity index (χ1n) is 31.9. The van der Waals surface area contributed by atoms with Gasteiger partial charge in [-0.25, -0.2) is 0 Å². The third kappa shape index (κ3) is 57.1. The maximum absolute atomic E-state index is 12.5. The molecular weight excluding hydrogens is 887 g/mol. The second-order valence-corrected chi connectivity index (χ2v) is 21.7. The second kappa shape index (κ2) is 61.4. The molecule has 1 amide bonds. The smallest absolute Gasteiger partial charge is 0.305 e. The Labute approximate surface area is 448 Å². The molecule has 0 spiro atoms. The van der Waals surface area contributed by atoms with E-state index in [-0.39, 0.29) is 18.5 Å². The van der Waals surface area contributed by atoms with Crippen LogP contribution in [0, 0.1) is 0 Å². The van der Waals surface area contributed by atoms with E-state index in [0.29, 0.717) is 19.4 Å². The third-order valence-corrected chi connectivity index (χ3v) is 14.6. The molecule has 0 aromatic heterocycles. The number of rotatable bonds is 59. The van der Waals surface area contributed by atoms with E-state index in [1.807, 2.05) is 6.08 Å². The summed E-state index contributed by atoms with van der Waals surface area (Å²) < 4.78 is 5.47. The predicted octanol–water partition coefficient (Wildman–Crippen LogP) is 20.1. The summed E-state index contributed by atoms with van der Waals surface area (Å²) in [6.45, 7) is 4.86. The lowest BCUT2D eigenvalue weighted by atomic mass is 10.0. The Morgan fingerprint density at radius 2 is 0.694 bits per heavy atom. The van der Waals surface area contributed by atoms with Gasteiger partial charge in [0.2, 0.25) is 5.91 Å². The summed E-state index contributed by atoms with van der Waals surface area (Å²) in [6.07, 6.45) is 78.6. The van der Waals surface area contributed by atoms with Crippen molar-refractivity contribution in [2.24, 2.45) is 0 Å². The van der Waals surface area contributed by atoms with E-state index in [1.54, 1.807) is 6.08 Å². The molecule has 0 radical (unpaired) electrons. The molecule has 72 heavy (non-hydrogen) atoms. The number of aliphatic hydroxyl groups excluding tert-OH is 2. The number of unbranched alkanes of at least 4 members (excludes halogenated alkanes) is 42. The first kappa shape index (κ1) is 69.8. The number of allylic oxidation sites excluding steroid dienone is 7. The van der Waals surface area contributed by atoms with Gasteiger partial charge in [-0.05, 0) is 89.9 Å². The molecule has 0 aliphatic rings. The Hall–Kier alpha value is -2.18. The number of hydrogen-bond donors (Lipinski definition) is 3. The van der Waals surface area contributed by atoms with Gasteiger partial charge in [-0.15, -0.1) is 0 Å². The van der Waals surface area contributed by atoms with Crippen molar-refractivity contribution < 1.29 is 24.5 Å². The molecule has 0 aromatic rings. The number of carbonyl (C=O) groups excluding carboxylic acids is 2. The van der Waals surface area contributed by atoms with Crippen LogP contribution < -0.4 is 5.32 Å². The van der Waals surface area contributed by atoms with Gasteiger partial charge in [0.15, 0.2) is 0 Å². The summed E-state index contributed by atoms with van der Waals surface area (Å²) in [6, 6.07) is -0.642. The SMILES string of the molecule is CCCCC/C=C\C/C=C\CCCCCCCCCC(=O)OCCCCCC/C=C\CCCCCCCCCC(=O)NC(CO)C(O)/C=C/CCCCCCCCCCCCCCCCCCCCCCC. The van der Waals surface area contributed by atoms with Crippen molar-refractivity contribution in [3.05, 3.63) is 48.6 Å². The highest BCUT2D eigenvalue weighted by molar-refractivity contribution is 5.76. The highest BCUT2D eigenvalue weighted by Gasteiger charge is 2.18. The van der Waals surface area contributed by atoms with Crippen molar-refractivity contribution in [1.29, 1.82) is 0 Å². The topological polar surface area (TPSA) is 95.9 Å². The molecule has 0 rings (SSSR count). The zero-order valence-corrected chi connectivity index (χ0v) is 48.2. The molecule has 6 nitrogen and oxygen atoms in total. The summed E-state index contributed by atoms with van der Waals surface area (Å²) >= 11 is 0. The van der Waals surface area contributed by atoms with Gasteiger partial charge in [0.05, 0.1) is 25.4 Å². The Kier molecular flexibility index (Phi) is 59.5.